The Kier molecular flexibility index (Phi) is 4.98. The standard InChI is InChI=1S/C16H20N2O5/c1-11-7-12(9-13(8-11)18(22)23)14(19)17-10-16(15(20)21)5-3-2-4-6-16/h7-9H,2-6,10H2,1H3,(H,17,19)(H,20,21). The predicted molar refractivity (Wildman–Crippen MR) is 83.3 cm³/mol. The van der Waals surface area contributed by atoms with Crippen molar-refractivity contribution in [3.63, 3.8) is 0 Å². The number of nitrogens with zero attached hydrogens (tertiary/aromatic N) is 1. The highest BCUT2D eigenvalue weighted by Crippen LogP contribution is 2.36. The summed E-state index contributed by atoms with van der Waals surface area (Å²) in [4.78, 5) is 34.2. The van der Waals surface area contributed by atoms with Crippen LogP contribution in [0, 0.1) is 22.5 Å². The fraction of sp³-hybridized carbons (Fsp3) is 0.500. The molecule has 0 atom stereocenters. The summed E-state index contributed by atoms with van der Waals surface area (Å²) in [5, 5.41) is 23.0. The molecule has 0 spiro atoms. The van der Waals surface area contributed by atoms with Crippen LogP contribution in [0.15, 0.2) is 18.2 Å². The first-order valence-electron chi connectivity index (χ1n) is 7.62. The fourth-order valence-corrected chi connectivity index (χ4v) is 3.05. The zero-order chi connectivity index (χ0) is 17.0. The molecule has 2 rings (SSSR count). The van der Waals surface area contributed by atoms with E-state index in [-0.39, 0.29) is 17.8 Å². The molecule has 1 aromatic rings. The lowest BCUT2D eigenvalue weighted by Gasteiger charge is -2.33. The molecule has 2 N–H and O–H groups in total. The quantitative estimate of drug-likeness (QED) is 0.640. The molecule has 0 bridgehead atoms. The maximum absolute atomic E-state index is 12.3. The number of nitrogens with one attached hydrogen (secondary N) is 1. The van der Waals surface area contributed by atoms with Crippen molar-refractivity contribution in [2.24, 2.45) is 5.41 Å². The van der Waals surface area contributed by atoms with Gasteiger partial charge >= 0.3 is 5.97 Å². The van der Waals surface area contributed by atoms with E-state index in [1.165, 1.54) is 12.1 Å². The van der Waals surface area contributed by atoms with Gasteiger partial charge in [0.05, 0.1) is 10.3 Å². The van der Waals surface area contributed by atoms with Gasteiger partial charge in [0, 0.05) is 24.2 Å². The number of aliphatic carboxylic acids is 1. The van der Waals surface area contributed by atoms with E-state index in [9.17, 15) is 24.8 Å². The lowest BCUT2D eigenvalue weighted by atomic mass is 9.74. The van der Waals surface area contributed by atoms with Crippen LogP contribution in [0.25, 0.3) is 0 Å². The number of carbonyl (C=O) groups is 2. The zero-order valence-corrected chi connectivity index (χ0v) is 13.0. The summed E-state index contributed by atoms with van der Waals surface area (Å²) in [7, 11) is 0. The van der Waals surface area contributed by atoms with Crippen LogP contribution >= 0.6 is 0 Å². The average molecular weight is 320 g/mol. The molecule has 1 saturated carbocycles. The third-order valence-corrected chi connectivity index (χ3v) is 4.39. The summed E-state index contributed by atoms with van der Waals surface area (Å²) in [6, 6.07) is 4.14. The summed E-state index contributed by atoms with van der Waals surface area (Å²) in [6.07, 6.45) is 3.75. The van der Waals surface area contributed by atoms with Crippen molar-refractivity contribution in [1.82, 2.24) is 5.32 Å². The van der Waals surface area contributed by atoms with Crippen molar-refractivity contribution in [2.75, 3.05) is 6.54 Å². The van der Waals surface area contributed by atoms with Crippen LogP contribution in [-0.2, 0) is 4.79 Å². The molecule has 0 radical (unpaired) electrons. The van der Waals surface area contributed by atoms with E-state index in [0.29, 0.717) is 18.4 Å². The van der Waals surface area contributed by atoms with Gasteiger partial charge in [-0.25, -0.2) is 0 Å². The number of nitro benzene ring substituents is 1. The average Bonchev–Trinajstić information content (AvgIpc) is 2.52. The topological polar surface area (TPSA) is 110 Å². The van der Waals surface area contributed by atoms with Gasteiger partial charge in [0.15, 0.2) is 0 Å². The second-order valence-electron chi connectivity index (χ2n) is 6.14. The summed E-state index contributed by atoms with van der Waals surface area (Å²) in [6.45, 7) is 1.71. The maximum Gasteiger partial charge on any atom is 0.311 e. The highest BCUT2D eigenvalue weighted by molar-refractivity contribution is 5.95. The molecule has 0 unspecified atom stereocenters. The van der Waals surface area contributed by atoms with Gasteiger partial charge in [-0.15, -0.1) is 0 Å². The molecule has 1 amide bonds. The van der Waals surface area contributed by atoms with E-state index < -0.39 is 22.2 Å². The number of amides is 1. The monoisotopic (exact) mass is 320 g/mol. The van der Waals surface area contributed by atoms with Crippen LogP contribution in [0.1, 0.15) is 48.0 Å². The molecule has 23 heavy (non-hydrogen) atoms. The third kappa shape index (κ3) is 3.85. The molecule has 0 aromatic heterocycles. The van der Waals surface area contributed by atoms with Crippen molar-refractivity contribution in [3.8, 4) is 0 Å². The van der Waals surface area contributed by atoms with Crippen LogP contribution in [0.2, 0.25) is 0 Å². The predicted octanol–water partition coefficient (Wildman–Crippen LogP) is 2.67. The van der Waals surface area contributed by atoms with Crippen molar-refractivity contribution < 1.29 is 19.6 Å². The molecule has 1 aromatic carbocycles. The summed E-state index contributed by atoms with van der Waals surface area (Å²) >= 11 is 0. The fourth-order valence-electron chi connectivity index (χ4n) is 3.05. The van der Waals surface area contributed by atoms with Crippen molar-refractivity contribution in [1.29, 1.82) is 0 Å². The molecule has 0 saturated heterocycles. The van der Waals surface area contributed by atoms with Gasteiger partial charge in [0.25, 0.3) is 11.6 Å². The Balaban J connectivity index is 2.12. The number of benzene rings is 1. The first-order chi connectivity index (χ1) is 10.8. The number of carboxylic acid groups (broad SMARTS) is 1. The smallest absolute Gasteiger partial charge is 0.311 e. The second kappa shape index (κ2) is 6.76. The molecule has 124 valence electrons. The van der Waals surface area contributed by atoms with Gasteiger partial charge in [0.1, 0.15) is 0 Å². The van der Waals surface area contributed by atoms with E-state index in [1.54, 1.807) is 13.0 Å². The van der Waals surface area contributed by atoms with E-state index in [1.807, 2.05) is 0 Å². The first kappa shape index (κ1) is 16.9. The SMILES string of the molecule is Cc1cc(C(=O)NCC2(C(=O)O)CCCCC2)cc([N+](=O)[O-])c1. The number of nitro groups is 1. The van der Waals surface area contributed by atoms with Gasteiger partial charge in [-0.2, -0.15) is 0 Å². The Morgan fingerprint density at radius 1 is 1.26 bits per heavy atom. The highest BCUT2D eigenvalue weighted by Gasteiger charge is 2.39. The molecule has 7 heteroatoms. The van der Waals surface area contributed by atoms with Crippen molar-refractivity contribution >= 4 is 17.6 Å². The van der Waals surface area contributed by atoms with E-state index in [4.69, 9.17) is 0 Å². The highest BCUT2D eigenvalue weighted by atomic mass is 16.6. The van der Waals surface area contributed by atoms with Gasteiger partial charge < -0.3 is 10.4 Å². The minimum Gasteiger partial charge on any atom is -0.481 e. The van der Waals surface area contributed by atoms with Crippen LogP contribution in [0.4, 0.5) is 5.69 Å². The Labute approximate surface area is 133 Å². The van der Waals surface area contributed by atoms with Crippen LogP contribution in [0.3, 0.4) is 0 Å². The normalized spacial score (nSPS) is 16.6. The number of rotatable bonds is 5. The molecule has 0 aliphatic heterocycles. The van der Waals surface area contributed by atoms with Gasteiger partial charge in [-0.05, 0) is 31.4 Å². The molecule has 7 nitrogen and oxygen atoms in total. The largest absolute Gasteiger partial charge is 0.481 e. The lowest BCUT2D eigenvalue weighted by Crippen LogP contribution is -2.44. The summed E-state index contributed by atoms with van der Waals surface area (Å²) < 4.78 is 0. The Bertz CT molecular complexity index is 635. The van der Waals surface area contributed by atoms with Crippen molar-refractivity contribution in [2.45, 2.75) is 39.0 Å². The second-order valence-corrected chi connectivity index (χ2v) is 6.14. The maximum atomic E-state index is 12.3. The van der Waals surface area contributed by atoms with Gasteiger partial charge in [0.2, 0.25) is 0 Å². The summed E-state index contributed by atoms with van der Waals surface area (Å²) in [5.74, 6) is -1.38. The Morgan fingerprint density at radius 2 is 1.91 bits per heavy atom. The molecule has 0 heterocycles. The number of carbonyl (C=O) groups excluding carboxylic acids is 1. The number of aryl methyl sites for hydroxylation is 1. The van der Waals surface area contributed by atoms with Crippen LogP contribution in [-0.4, -0.2) is 28.5 Å². The van der Waals surface area contributed by atoms with E-state index in [2.05, 4.69) is 5.32 Å². The van der Waals surface area contributed by atoms with Crippen LogP contribution < -0.4 is 5.32 Å². The number of non-ortho nitro benzene ring substituents is 1. The van der Waals surface area contributed by atoms with Crippen LogP contribution in [0.5, 0.6) is 0 Å². The van der Waals surface area contributed by atoms with E-state index >= 15 is 0 Å². The molecule has 1 aliphatic carbocycles. The molecular formula is C16H20N2O5. The number of hydrogen-bond acceptors (Lipinski definition) is 4. The van der Waals surface area contributed by atoms with Crippen molar-refractivity contribution in [3.05, 3.63) is 39.4 Å². The zero-order valence-electron chi connectivity index (χ0n) is 13.0. The molecule has 1 aliphatic rings. The van der Waals surface area contributed by atoms with Gasteiger partial charge in [-0.1, -0.05) is 19.3 Å². The Hall–Kier alpha value is -2.44. The minimum atomic E-state index is -0.927. The lowest BCUT2D eigenvalue weighted by molar-refractivity contribution is -0.384. The Morgan fingerprint density at radius 3 is 2.48 bits per heavy atom. The summed E-state index contributed by atoms with van der Waals surface area (Å²) in [5.41, 5.74) is -0.298. The molecule has 1 fully saturated rings. The van der Waals surface area contributed by atoms with Gasteiger partial charge in [-0.3, -0.25) is 19.7 Å². The number of carboxylic acids is 1. The first-order valence-corrected chi connectivity index (χ1v) is 7.62. The number of hydrogen-bond donors (Lipinski definition) is 2. The third-order valence-electron chi connectivity index (χ3n) is 4.39. The van der Waals surface area contributed by atoms with E-state index in [0.717, 1.165) is 19.3 Å². The minimum absolute atomic E-state index is 0.0445. The molecular weight excluding hydrogens is 300 g/mol.